The third kappa shape index (κ3) is 7.43. The Balaban J connectivity index is 0.996. The second-order valence-electron chi connectivity index (χ2n) is 9.60. The molecule has 15 heteroatoms. The van der Waals surface area contributed by atoms with Gasteiger partial charge in [-0.25, -0.2) is 4.63 Å². The first-order valence-electron chi connectivity index (χ1n) is 13.5. The second-order valence-corrected chi connectivity index (χ2v) is 11.3. The lowest BCUT2D eigenvalue weighted by atomic mass is 10.1. The summed E-state index contributed by atoms with van der Waals surface area (Å²) in [7, 11) is 0. The topological polar surface area (TPSA) is 181 Å². The van der Waals surface area contributed by atoms with Crippen molar-refractivity contribution in [2.75, 3.05) is 18.4 Å². The molecule has 0 atom stereocenters. The van der Waals surface area contributed by atoms with E-state index in [1.54, 1.807) is 54.6 Å². The minimum absolute atomic E-state index is 0.0421. The molecule has 0 saturated carbocycles. The molecule has 1 aliphatic heterocycles. The zero-order chi connectivity index (χ0) is 31.1. The van der Waals surface area contributed by atoms with Crippen LogP contribution in [0.2, 0.25) is 0 Å². The van der Waals surface area contributed by atoms with Crippen molar-refractivity contribution in [3.8, 4) is 0 Å². The number of nitro benzene ring substituents is 1. The Morgan fingerprint density at radius 1 is 0.909 bits per heavy atom. The number of carbonyl (C=O) groups excluding carboxylic acids is 3. The molecule has 4 aromatic rings. The number of thioether (sulfide) groups is 1. The Labute approximate surface area is 260 Å². The summed E-state index contributed by atoms with van der Waals surface area (Å²) in [6.07, 6.45) is 4.06. The molecule has 3 amide bonds. The summed E-state index contributed by atoms with van der Waals surface area (Å²) >= 11 is 6.19. The lowest BCUT2D eigenvalue weighted by molar-refractivity contribution is -0.383. The lowest BCUT2D eigenvalue weighted by Crippen LogP contribution is -2.26. The first-order valence-corrected chi connectivity index (χ1v) is 14.7. The first-order chi connectivity index (χ1) is 21.3. The van der Waals surface area contributed by atoms with Gasteiger partial charge in [-0.1, -0.05) is 36.1 Å². The fourth-order valence-electron chi connectivity index (χ4n) is 4.30. The van der Waals surface area contributed by atoms with Gasteiger partial charge < -0.3 is 21.3 Å². The van der Waals surface area contributed by atoms with Crippen LogP contribution in [0.1, 0.15) is 45.5 Å². The van der Waals surface area contributed by atoms with E-state index in [1.807, 2.05) is 0 Å². The maximum Gasteiger partial charge on any atom is 0.300 e. The largest absolute Gasteiger partial charge is 0.354 e. The summed E-state index contributed by atoms with van der Waals surface area (Å²) in [4.78, 5) is 47.9. The fourth-order valence-corrected chi connectivity index (χ4v) is 5.34. The number of aromatic nitrogens is 2. The molecule has 0 radical (unpaired) electrons. The highest BCUT2D eigenvalue weighted by Crippen LogP contribution is 2.31. The van der Waals surface area contributed by atoms with Gasteiger partial charge in [0.15, 0.2) is 5.52 Å². The van der Waals surface area contributed by atoms with E-state index >= 15 is 0 Å². The maximum absolute atomic E-state index is 12.5. The Morgan fingerprint density at radius 2 is 1.52 bits per heavy atom. The lowest BCUT2D eigenvalue weighted by Gasteiger charge is -2.09. The monoisotopic (exact) mass is 631 g/mol. The van der Waals surface area contributed by atoms with Gasteiger partial charge in [0.05, 0.1) is 15.5 Å². The number of anilines is 2. The van der Waals surface area contributed by atoms with Crippen molar-refractivity contribution < 1.29 is 23.9 Å². The van der Waals surface area contributed by atoms with Crippen LogP contribution in [0.5, 0.6) is 0 Å². The zero-order valence-corrected chi connectivity index (χ0v) is 24.6. The van der Waals surface area contributed by atoms with Gasteiger partial charge in [-0.3, -0.25) is 24.5 Å². The smallest absolute Gasteiger partial charge is 0.300 e. The predicted octanol–water partition coefficient (Wildman–Crippen LogP) is 4.69. The molecule has 1 aliphatic rings. The molecule has 0 spiro atoms. The third-order valence-electron chi connectivity index (χ3n) is 6.55. The molecular weight excluding hydrogens is 606 g/mol. The normalized spacial score (nSPS) is 13.6. The zero-order valence-electron chi connectivity index (χ0n) is 23.0. The van der Waals surface area contributed by atoms with Gasteiger partial charge in [0.25, 0.3) is 17.7 Å². The molecule has 224 valence electrons. The molecule has 0 aliphatic carbocycles. The Morgan fingerprint density at radius 3 is 2.11 bits per heavy atom. The number of hydrogen-bond donors (Lipinski definition) is 4. The summed E-state index contributed by atoms with van der Waals surface area (Å²) in [5, 5.41) is 30.0. The van der Waals surface area contributed by atoms with Gasteiger partial charge in [0.1, 0.15) is 4.32 Å². The van der Waals surface area contributed by atoms with Crippen LogP contribution in [-0.4, -0.2) is 50.4 Å². The van der Waals surface area contributed by atoms with Crippen LogP contribution in [0.15, 0.2) is 70.2 Å². The van der Waals surface area contributed by atoms with Crippen LogP contribution in [0.3, 0.4) is 0 Å². The molecule has 3 aromatic carbocycles. The van der Waals surface area contributed by atoms with E-state index in [1.165, 1.54) is 23.9 Å². The molecule has 2 heterocycles. The van der Waals surface area contributed by atoms with Crippen molar-refractivity contribution in [2.45, 2.75) is 19.3 Å². The minimum atomic E-state index is -0.555. The highest BCUT2D eigenvalue weighted by Gasteiger charge is 2.22. The number of carbonyl (C=O) groups is 3. The van der Waals surface area contributed by atoms with E-state index in [9.17, 15) is 24.5 Å². The summed E-state index contributed by atoms with van der Waals surface area (Å²) in [6, 6.07) is 16.6. The van der Waals surface area contributed by atoms with E-state index in [0.29, 0.717) is 44.8 Å². The van der Waals surface area contributed by atoms with Gasteiger partial charge in [0.2, 0.25) is 5.52 Å². The van der Waals surface area contributed by atoms with Crippen molar-refractivity contribution in [3.63, 3.8) is 0 Å². The standard InChI is InChI=1S/C29H25N7O6S2/c37-26(18-6-4-17(5-7-18)16-23-28(39)33-29(43)44-23)30-14-2-1-3-15-31-27(38)19-8-10-20(11-9-19)32-21-12-13-22(36(40)41)25-24(21)34-42-35-25/h4-13,16,32H,1-3,14-15H2,(H,30,37)(H,31,38)(H,33,39,43)/b23-16-. The number of benzene rings is 3. The predicted molar refractivity (Wildman–Crippen MR) is 169 cm³/mol. The van der Waals surface area contributed by atoms with Crippen molar-refractivity contribution in [2.24, 2.45) is 0 Å². The van der Waals surface area contributed by atoms with Crippen LogP contribution < -0.4 is 21.3 Å². The maximum atomic E-state index is 12.5. The van der Waals surface area contributed by atoms with Crippen LogP contribution in [-0.2, 0) is 4.79 Å². The number of nitrogens with one attached hydrogen (secondary N) is 4. The van der Waals surface area contributed by atoms with Crippen molar-refractivity contribution in [1.82, 2.24) is 26.3 Å². The van der Waals surface area contributed by atoms with Gasteiger partial charge >= 0.3 is 5.69 Å². The number of rotatable bonds is 12. The molecule has 0 unspecified atom stereocenters. The fraction of sp³-hybridized carbons (Fsp3) is 0.172. The molecule has 1 saturated heterocycles. The second kappa shape index (κ2) is 13.9. The van der Waals surface area contributed by atoms with Gasteiger partial charge in [-0.15, -0.1) is 0 Å². The van der Waals surface area contributed by atoms with Crippen LogP contribution >= 0.6 is 24.0 Å². The SMILES string of the molecule is O=C1NC(=S)S/C1=C\c1ccc(C(=O)NCCCCCNC(=O)c2ccc(Nc3ccc([N+](=O)[O-])c4nonc34)cc2)cc1. The number of amides is 3. The first kappa shape index (κ1) is 30.3. The van der Waals surface area contributed by atoms with Crippen molar-refractivity contribution >= 4 is 80.2 Å². The van der Waals surface area contributed by atoms with Crippen LogP contribution in [0.4, 0.5) is 17.1 Å². The van der Waals surface area contributed by atoms with E-state index in [-0.39, 0.29) is 34.4 Å². The number of nitrogens with zero attached hydrogens (tertiary/aromatic N) is 3. The van der Waals surface area contributed by atoms with Crippen molar-refractivity contribution in [1.29, 1.82) is 0 Å². The van der Waals surface area contributed by atoms with Gasteiger partial charge in [-0.2, -0.15) is 0 Å². The van der Waals surface area contributed by atoms with Gasteiger partial charge in [0, 0.05) is 36.0 Å². The molecule has 13 nitrogen and oxygen atoms in total. The highest BCUT2D eigenvalue weighted by molar-refractivity contribution is 8.26. The third-order valence-corrected chi connectivity index (χ3v) is 7.72. The molecule has 1 fully saturated rings. The Kier molecular flexibility index (Phi) is 9.56. The molecule has 0 bridgehead atoms. The number of nitro groups is 1. The average Bonchev–Trinajstić information content (AvgIpc) is 3.63. The molecule has 4 N–H and O–H groups in total. The number of unbranched alkanes of at least 4 members (excludes halogenated alkanes) is 2. The highest BCUT2D eigenvalue weighted by atomic mass is 32.2. The van der Waals surface area contributed by atoms with Gasteiger partial charge in [-0.05, 0) is 83.7 Å². The van der Waals surface area contributed by atoms with E-state index in [0.717, 1.165) is 24.8 Å². The molecular formula is C29H25N7O6S2. The summed E-state index contributed by atoms with van der Waals surface area (Å²) in [6.45, 7) is 0.998. The minimum Gasteiger partial charge on any atom is -0.354 e. The number of non-ortho nitro benzene ring substituents is 1. The van der Waals surface area contributed by atoms with E-state index in [4.69, 9.17) is 12.2 Å². The number of hydrogen-bond acceptors (Lipinski definition) is 11. The number of thiocarbonyl (C=S) groups is 1. The van der Waals surface area contributed by atoms with Crippen LogP contribution in [0, 0.1) is 10.1 Å². The Hall–Kier alpha value is -5.15. The Bertz CT molecular complexity index is 1770. The molecule has 44 heavy (non-hydrogen) atoms. The summed E-state index contributed by atoms with van der Waals surface area (Å²) < 4.78 is 5.10. The van der Waals surface area contributed by atoms with Crippen molar-refractivity contribution in [3.05, 3.63) is 92.4 Å². The number of fused-ring (bicyclic) bond motifs is 1. The van der Waals surface area contributed by atoms with E-state index in [2.05, 4.69) is 36.2 Å². The average molecular weight is 632 g/mol. The van der Waals surface area contributed by atoms with E-state index < -0.39 is 4.92 Å². The summed E-state index contributed by atoms with van der Waals surface area (Å²) in [5.74, 6) is -0.614. The van der Waals surface area contributed by atoms with Crippen LogP contribution in [0.25, 0.3) is 17.1 Å². The summed E-state index contributed by atoms with van der Waals surface area (Å²) in [5.41, 5.74) is 3.00. The molecule has 1 aromatic heterocycles. The molecule has 5 rings (SSSR count). The quantitative estimate of drug-likeness (QED) is 0.0560.